The average molecular weight is 366 g/mol. The molecule has 0 radical (unpaired) electrons. The molecule has 0 saturated carbocycles. The van der Waals surface area contributed by atoms with E-state index in [9.17, 15) is 18.5 Å². The number of nitrogens with zero attached hydrogens (tertiary/aromatic N) is 1. The van der Waals surface area contributed by atoms with E-state index in [2.05, 4.69) is 4.72 Å². The molecule has 0 aliphatic heterocycles. The quantitative estimate of drug-likeness (QED) is 0.567. The average Bonchev–Trinajstić information content (AvgIpc) is 2.60. The van der Waals surface area contributed by atoms with Crippen LogP contribution in [-0.4, -0.2) is 33.1 Å². The normalized spacial score (nSPS) is 12.4. The highest BCUT2D eigenvalue weighted by Gasteiger charge is 2.19. The number of ether oxygens (including phenoxy) is 2. The van der Waals surface area contributed by atoms with Crippen LogP contribution in [0, 0.1) is 10.1 Å². The van der Waals surface area contributed by atoms with E-state index in [-0.39, 0.29) is 17.2 Å². The van der Waals surface area contributed by atoms with Crippen LogP contribution in [0.1, 0.15) is 6.92 Å². The molecule has 0 aromatic heterocycles. The van der Waals surface area contributed by atoms with Crippen molar-refractivity contribution in [2.45, 2.75) is 17.9 Å². The maximum Gasteiger partial charge on any atom is 0.269 e. The highest BCUT2D eigenvalue weighted by Crippen LogP contribution is 2.18. The molecule has 0 amide bonds. The van der Waals surface area contributed by atoms with E-state index in [1.807, 2.05) is 0 Å². The molecule has 0 unspecified atom stereocenters. The Labute approximate surface area is 145 Å². The third-order valence-corrected chi connectivity index (χ3v) is 4.88. The van der Waals surface area contributed by atoms with Crippen molar-refractivity contribution < 1.29 is 22.8 Å². The minimum Gasteiger partial charge on any atom is -0.497 e. The summed E-state index contributed by atoms with van der Waals surface area (Å²) in [5.41, 5.74) is -0.171. The molecular weight excluding hydrogens is 348 g/mol. The molecule has 0 fully saturated rings. The summed E-state index contributed by atoms with van der Waals surface area (Å²) in [5, 5.41) is 10.6. The lowest BCUT2D eigenvalue weighted by Crippen LogP contribution is -2.36. The zero-order valence-corrected chi connectivity index (χ0v) is 14.5. The Kier molecular flexibility index (Phi) is 5.94. The summed E-state index contributed by atoms with van der Waals surface area (Å²) in [7, 11) is -2.23. The molecule has 0 heterocycles. The zero-order chi connectivity index (χ0) is 18.4. The van der Waals surface area contributed by atoms with Crippen molar-refractivity contribution in [2.24, 2.45) is 0 Å². The minimum absolute atomic E-state index is 0.0469. The van der Waals surface area contributed by atoms with Crippen LogP contribution < -0.4 is 14.2 Å². The van der Waals surface area contributed by atoms with Gasteiger partial charge >= 0.3 is 0 Å². The van der Waals surface area contributed by atoms with Crippen LogP contribution in [0.25, 0.3) is 0 Å². The number of nitro benzene ring substituents is 1. The molecule has 2 aromatic rings. The van der Waals surface area contributed by atoms with Gasteiger partial charge in [0, 0.05) is 12.1 Å². The van der Waals surface area contributed by atoms with Gasteiger partial charge in [-0.25, -0.2) is 13.1 Å². The summed E-state index contributed by atoms with van der Waals surface area (Å²) in [6.45, 7) is 1.78. The molecular formula is C16H18N2O6S. The summed E-state index contributed by atoms with van der Waals surface area (Å²) in [5.74, 6) is 1.28. The van der Waals surface area contributed by atoms with E-state index in [1.54, 1.807) is 38.3 Å². The van der Waals surface area contributed by atoms with Crippen molar-refractivity contribution in [2.75, 3.05) is 13.7 Å². The molecule has 0 saturated heterocycles. The van der Waals surface area contributed by atoms with Crippen LogP contribution in [0.5, 0.6) is 11.5 Å². The Balaban J connectivity index is 1.95. The number of nitro groups is 1. The Hall–Kier alpha value is -2.65. The third-order valence-electron chi connectivity index (χ3n) is 3.27. The van der Waals surface area contributed by atoms with Gasteiger partial charge in [-0.3, -0.25) is 10.1 Å². The van der Waals surface area contributed by atoms with Crippen molar-refractivity contribution in [3.63, 3.8) is 0 Å². The van der Waals surface area contributed by atoms with Crippen LogP contribution in [0.3, 0.4) is 0 Å². The summed E-state index contributed by atoms with van der Waals surface area (Å²) >= 11 is 0. The number of nitrogens with one attached hydrogen (secondary N) is 1. The molecule has 134 valence electrons. The lowest BCUT2D eigenvalue weighted by atomic mass is 10.3. The molecule has 1 atom stereocenters. The van der Waals surface area contributed by atoms with Gasteiger partial charge in [-0.2, -0.15) is 0 Å². The summed E-state index contributed by atoms with van der Waals surface area (Å²) in [6.07, 6.45) is 0. The molecule has 1 N–H and O–H groups in total. The van der Waals surface area contributed by atoms with Gasteiger partial charge in [-0.05, 0) is 43.3 Å². The van der Waals surface area contributed by atoms with Gasteiger partial charge in [-0.1, -0.05) is 0 Å². The maximum absolute atomic E-state index is 12.3. The second-order valence-corrected chi connectivity index (χ2v) is 6.97. The van der Waals surface area contributed by atoms with Crippen molar-refractivity contribution in [3.8, 4) is 11.5 Å². The first-order valence-electron chi connectivity index (χ1n) is 7.35. The Morgan fingerprint density at radius 2 is 1.64 bits per heavy atom. The number of non-ortho nitro benzene ring substituents is 1. The maximum atomic E-state index is 12.3. The van der Waals surface area contributed by atoms with Crippen LogP contribution in [0.4, 0.5) is 5.69 Å². The Bertz CT molecular complexity index is 819. The molecule has 2 rings (SSSR count). The number of rotatable bonds is 8. The van der Waals surface area contributed by atoms with E-state index in [0.29, 0.717) is 11.5 Å². The van der Waals surface area contributed by atoms with Crippen molar-refractivity contribution in [1.29, 1.82) is 0 Å². The van der Waals surface area contributed by atoms with Gasteiger partial charge in [0.25, 0.3) is 5.69 Å². The SMILES string of the molecule is COc1ccc(OC[C@H](C)NS(=O)(=O)c2ccc([N+](=O)[O-])cc2)cc1. The zero-order valence-electron chi connectivity index (χ0n) is 13.7. The second-order valence-electron chi connectivity index (χ2n) is 5.26. The van der Waals surface area contributed by atoms with Crippen LogP contribution in [-0.2, 0) is 10.0 Å². The fourth-order valence-corrected chi connectivity index (χ4v) is 3.24. The number of benzene rings is 2. The highest BCUT2D eigenvalue weighted by atomic mass is 32.2. The number of methoxy groups -OCH3 is 1. The summed E-state index contributed by atoms with van der Waals surface area (Å²) in [6, 6.07) is 11.1. The van der Waals surface area contributed by atoms with Gasteiger partial charge in [0.1, 0.15) is 18.1 Å². The van der Waals surface area contributed by atoms with Crippen LogP contribution in [0.15, 0.2) is 53.4 Å². The molecule has 0 spiro atoms. The Morgan fingerprint density at radius 1 is 1.08 bits per heavy atom. The predicted octanol–water partition coefficient (Wildman–Crippen LogP) is 2.35. The topological polar surface area (TPSA) is 108 Å². The van der Waals surface area contributed by atoms with E-state index < -0.39 is 21.0 Å². The molecule has 9 heteroatoms. The fraction of sp³-hybridized carbons (Fsp3) is 0.250. The summed E-state index contributed by atoms with van der Waals surface area (Å²) in [4.78, 5) is 9.98. The first kappa shape index (κ1) is 18.7. The van der Waals surface area contributed by atoms with E-state index in [1.165, 1.54) is 12.1 Å². The van der Waals surface area contributed by atoms with Crippen LogP contribution in [0.2, 0.25) is 0 Å². The molecule has 0 aliphatic carbocycles. The van der Waals surface area contributed by atoms with E-state index in [4.69, 9.17) is 9.47 Å². The molecule has 2 aromatic carbocycles. The number of hydrogen-bond donors (Lipinski definition) is 1. The fourth-order valence-electron chi connectivity index (χ4n) is 2.01. The van der Waals surface area contributed by atoms with Crippen molar-refractivity contribution >= 4 is 15.7 Å². The van der Waals surface area contributed by atoms with Gasteiger partial charge in [-0.15, -0.1) is 0 Å². The highest BCUT2D eigenvalue weighted by molar-refractivity contribution is 7.89. The molecule has 0 bridgehead atoms. The molecule has 8 nitrogen and oxygen atoms in total. The summed E-state index contributed by atoms with van der Waals surface area (Å²) < 4.78 is 37.6. The first-order chi connectivity index (χ1) is 11.8. The van der Waals surface area contributed by atoms with Crippen molar-refractivity contribution in [3.05, 3.63) is 58.6 Å². The largest absolute Gasteiger partial charge is 0.497 e. The monoisotopic (exact) mass is 366 g/mol. The second kappa shape index (κ2) is 7.95. The number of hydrogen-bond acceptors (Lipinski definition) is 6. The standard InChI is InChI=1S/C16H18N2O6S/c1-12(11-24-15-7-5-14(23-2)6-8-15)17-25(21,22)16-9-3-13(4-10-16)18(19)20/h3-10,12,17H,11H2,1-2H3/t12-/m0/s1. The molecule has 25 heavy (non-hydrogen) atoms. The van der Waals surface area contributed by atoms with E-state index >= 15 is 0 Å². The van der Waals surface area contributed by atoms with Gasteiger partial charge in [0.2, 0.25) is 10.0 Å². The van der Waals surface area contributed by atoms with Gasteiger partial charge in [0.15, 0.2) is 0 Å². The smallest absolute Gasteiger partial charge is 0.269 e. The van der Waals surface area contributed by atoms with Gasteiger partial charge in [0.05, 0.1) is 23.0 Å². The van der Waals surface area contributed by atoms with Crippen LogP contribution >= 0.6 is 0 Å². The minimum atomic E-state index is -3.79. The predicted molar refractivity (Wildman–Crippen MR) is 91.4 cm³/mol. The van der Waals surface area contributed by atoms with Crippen molar-refractivity contribution in [1.82, 2.24) is 4.72 Å². The molecule has 0 aliphatic rings. The Morgan fingerprint density at radius 3 is 2.16 bits per heavy atom. The lowest BCUT2D eigenvalue weighted by Gasteiger charge is -2.15. The number of sulfonamides is 1. The first-order valence-corrected chi connectivity index (χ1v) is 8.84. The van der Waals surface area contributed by atoms with Gasteiger partial charge < -0.3 is 9.47 Å². The lowest BCUT2D eigenvalue weighted by molar-refractivity contribution is -0.384. The third kappa shape index (κ3) is 5.16. The van der Waals surface area contributed by atoms with E-state index in [0.717, 1.165) is 12.1 Å².